The Bertz CT molecular complexity index is 1170. The molecular weight excluding hydrogens is 370 g/mol. The first kappa shape index (κ1) is 18.0. The lowest BCUT2D eigenvalue weighted by Gasteiger charge is -2.30. The zero-order chi connectivity index (χ0) is 20.0. The molecule has 2 atom stereocenters. The Balaban J connectivity index is 1.56. The van der Waals surface area contributed by atoms with E-state index in [1.54, 1.807) is 30.5 Å². The topological polar surface area (TPSA) is 38.1 Å². The lowest BCUT2D eigenvalue weighted by atomic mass is 9.77. The van der Waals surface area contributed by atoms with Crippen LogP contribution in [0.25, 0.3) is 16.6 Å². The van der Waals surface area contributed by atoms with Crippen molar-refractivity contribution in [1.82, 2.24) is 9.78 Å². The Morgan fingerprint density at radius 1 is 0.966 bits per heavy atom. The number of nitrogens with zero attached hydrogens (tertiary/aromatic N) is 2. The van der Waals surface area contributed by atoms with Crippen molar-refractivity contribution in [2.75, 3.05) is 0 Å². The van der Waals surface area contributed by atoms with Gasteiger partial charge in [-0.15, -0.1) is 0 Å². The molecule has 29 heavy (non-hydrogen) atoms. The summed E-state index contributed by atoms with van der Waals surface area (Å²) < 4.78 is 28.3. The van der Waals surface area contributed by atoms with Gasteiger partial charge in [0, 0.05) is 11.3 Å². The molecule has 2 unspecified atom stereocenters. The minimum Gasteiger partial charge on any atom is -0.388 e. The molecule has 3 nitrogen and oxygen atoms in total. The van der Waals surface area contributed by atoms with Crippen molar-refractivity contribution in [3.05, 3.63) is 95.2 Å². The van der Waals surface area contributed by atoms with Gasteiger partial charge in [-0.3, -0.25) is 0 Å². The van der Waals surface area contributed by atoms with Gasteiger partial charge in [0.2, 0.25) is 0 Å². The predicted molar refractivity (Wildman–Crippen MR) is 108 cm³/mol. The van der Waals surface area contributed by atoms with Crippen LogP contribution in [0.1, 0.15) is 41.6 Å². The van der Waals surface area contributed by atoms with Crippen molar-refractivity contribution in [3.8, 4) is 5.69 Å². The number of aliphatic hydroxyl groups is 1. The second kappa shape index (κ2) is 7.08. The summed E-state index contributed by atoms with van der Waals surface area (Å²) in [5.74, 6) is -0.622. The maximum atomic E-state index is 13.3. The van der Waals surface area contributed by atoms with E-state index in [9.17, 15) is 13.9 Å². The maximum absolute atomic E-state index is 13.3. The van der Waals surface area contributed by atoms with E-state index in [0.29, 0.717) is 0 Å². The van der Waals surface area contributed by atoms with E-state index in [2.05, 4.69) is 17.2 Å². The molecule has 5 rings (SSSR count). The lowest BCUT2D eigenvalue weighted by molar-refractivity contribution is 0.136. The first-order valence-corrected chi connectivity index (χ1v) is 9.80. The summed E-state index contributed by atoms with van der Waals surface area (Å²) >= 11 is 0. The third-order valence-electron chi connectivity index (χ3n) is 5.85. The second-order valence-corrected chi connectivity index (χ2v) is 7.64. The average molecular weight is 390 g/mol. The van der Waals surface area contributed by atoms with E-state index >= 15 is 0 Å². The summed E-state index contributed by atoms with van der Waals surface area (Å²) in [5.41, 5.74) is 4.82. The van der Waals surface area contributed by atoms with Gasteiger partial charge in [-0.1, -0.05) is 12.1 Å². The van der Waals surface area contributed by atoms with Crippen LogP contribution in [0.5, 0.6) is 0 Å². The molecule has 0 spiro atoms. The lowest BCUT2D eigenvalue weighted by Crippen LogP contribution is -2.17. The molecule has 0 aliphatic heterocycles. The molecule has 4 aromatic rings. The van der Waals surface area contributed by atoms with Crippen LogP contribution in [0.2, 0.25) is 0 Å². The Morgan fingerprint density at radius 2 is 1.66 bits per heavy atom. The normalized spacial score (nSPS) is 17.3. The molecule has 0 bridgehead atoms. The summed E-state index contributed by atoms with van der Waals surface area (Å²) in [4.78, 5) is 0. The van der Waals surface area contributed by atoms with Crippen LogP contribution < -0.4 is 0 Å². The molecule has 1 aliphatic rings. The summed E-state index contributed by atoms with van der Waals surface area (Å²) in [5, 5.41) is 16.5. The zero-order valence-electron chi connectivity index (χ0n) is 15.7. The molecule has 1 aliphatic carbocycles. The molecule has 1 N–H and O–H groups in total. The van der Waals surface area contributed by atoms with Crippen LogP contribution in [0.3, 0.4) is 0 Å². The number of aromatic nitrogens is 2. The van der Waals surface area contributed by atoms with Crippen LogP contribution in [-0.4, -0.2) is 14.9 Å². The van der Waals surface area contributed by atoms with Crippen molar-refractivity contribution < 1.29 is 13.9 Å². The van der Waals surface area contributed by atoms with Crippen molar-refractivity contribution in [2.45, 2.75) is 31.3 Å². The van der Waals surface area contributed by atoms with Crippen molar-refractivity contribution in [3.63, 3.8) is 0 Å². The minimum atomic E-state index is -0.681. The van der Waals surface area contributed by atoms with E-state index in [4.69, 9.17) is 0 Å². The number of benzene rings is 3. The first-order chi connectivity index (χ1) is 14.1. The van der Waals surface area contributed by atoms with E-state index in [0.717, 1.165) is 47.0 Å². The Hall–Kier alpha value is -3.05. The number of hydrogen-bond donors (Lipinski definition) is 1. The van der Waals surface area contributed by atoms with Gasteiger partial charge in [-0.25, -0.2) is 13.5 Å². The van der Waals surface area contributed by atoms with Gasteiger partial charge in [-0.2, -0.15) is 5.10 Å². The Labute approximate surface area is 167 Å². The maximum Gasteiger partial charge on any atom is 0.123 e. The van der Waals surface area contributed by atoms with Crippen LogP contribution in [0, 0.1) is 11.6 Å². The summed E-state index contributed by atoms with van der Waals surface area (Å²) in [6.45, 7) is 0. The average Bonchev–Trinajstić information content (AvgIpc) is 3.15. The highest BCUT2D eigenvalue weighted by Gasteiger charge is 2.28. The molecule has 1 aromatic heterocycles. The van der Waals surface area contributed by atoms with Crippen molar-refractivity contribution >= 4 is 10.9 Å². The van der Waals surface area contributed by atoms with Gasteiger partial charge >= 0.3 is 0 Å². The minimum absolute atomic E-state index is 0.0391. The monoisotopic (exact) mass is 390 g/mol. The van der Waals surface area contributed by atoms with Gasteiger partial charge in [0.1, 0.15) is 11.6 Å². The molecule has 1 heterocycles. The summed E-state index contributed by atoms with van der Waals surface area (Å²) in [6.07, 6.45) is 3.91. The predicted octanol–water partition coefficient (Wildman–Crippen LogP) is 5.46. The summed E-state index contributed by atoms with van der Waals surface area (Å²) in [6, 6.07) is 16.6. The second-order valence-electron chi connectivity index (χ2n) is 7.64. The number of halogens is 2. The van der Waals surface area contributed by atoms with E-state index in [-0.39, 0.29) is 17.6 Å². The van der Waals surface area contributed by atoms with Crippen LogP contribution >= 0.6 is 0 Å². The summed E-state index contributed by atoms with van der Waals surface area (Å²) in [7, 11) is 0. The quantitative estimate of drug-likeness (QED) is 0.505. The molecule has 0 fully saturated rings. The van der Waals surface area contributed by atoms with Crippen LogP contribution in [0.15, 0.2) is 66.9 Å². The highest BCUT2D eigenvalue weighted by atomic mass is 19.1. The third kappa shape index (κ3) is 3.21. The molecule has 0 saturated heterocycles. The molecule has 146 valence electrons. The fourth-order valence-corrected chi connectivity index (χ4v) is 4.37. The smallest absolute Gasteiger partial charge is 0.123 e. The van der Waals surface area contributed by atoms with Crippen LogP contribution in [0.4, 0.5) is 8.78 Å². The number of hydrogen-bond acceptors (Lipinski definition) is 2. The Morgan fingerprint density at radius 3 is 2.38 bits per heavy atom. The molecule has 0 saturated carbocycles. The van der Waals surface area contributed by atoms with Gasteiger partial charge in [0.15, 0.2) is 0 Å². The van der Waals surface area contributed by atoms with Crippen LogP contribution in [-0.2, 0) is 6.42 Å². The SMILES string of the molecule is OC(c1ccc(F)cc1)C1CCCc2cc3c(cnn3-c3ccc(F)cc3)cc21. The number of rotatable bonds is 3. The highest BCUT2D eigenvalue weighted by molar-refractivity contribution is 5.82. The van der Waals surface area contributed by atoms with E-state index in [1.807, 2.05) is 4.68 Å². The first-order valence-electron chi connectivity index (χ1n) is 9.80. The Kier molecular flexibility index (Phi) is 4.40. The molecule has 3 aromatic carbocycles. The number of fused-ring (bicyclic) bond motifs is 2. The molecule has 0 amide bonds. The highest BCUT2D eigenvalue weighted by Crippen LogP contribution is 2.42. The number of aryl methyl sites for hydroxylation is 1. The van der Waals surface area contributed by atoms with E-state index in [1.165, 1.54) is 29.8 Å². The van der Waals surface area contributed by atoms with Gasteiger partial charge in [-0.05, 0) is 84.5 Å². The number of aliphatic hydroxyl groups excluding tert-OH is 1. The molecular formula is C24H20F2N2O. The third-order valence-corrected chi connectivity index (χ3v) is 5.85. The van der Waals surface area contributed by atoms with Gasteiger partial charge in [0.25, 0.3) is 0 Å². The standard InChI is InChI=1S/C24H20F2N2O/c25-18-6-4-15(5-7-18)24(29)21-3-1-2-16-13-23-17(12-22(16)21)14-27-28(23)20-10-8-19(26)9-11-20/h4-14,21,24,29H,1-3H2. The largest absolute Gasteiger partial charge is 0.388 e. The molecule has 0 radical (unpaired) electrons. The van der Waals surface area contributed by atoms with Crippen molar-refractivity contribution in [1.29, 1.82) is 0 Å². The molecule has 5 heteroatoms. The van der Waals surface area contributed by atoms with Gasteiger partial charge < -0.3 is 5.11 Å². The zero-order valence-corrected chi connectivity index (χ0v) is 15.7. The van der Waals surface area contributed by atoms with E-state index < -0.39 is 6.10 Å². The van der Waals surface area contributed by atoms with Gasteiger partial charge in [0.05, 0.1) is 23.5 Å². The van der Waals surface area contributed by atoms with Crippen molar-refractivity contribution in [2.24, 2.45) is 0 Å². The fourth-order valence-electron chi connectivity index (χ4n) is 4.37. The fraction of sp³-hybridized carbons (Fsp3) is 0.208.